The third kappa shape index (κ3) is 2.82. The van der Waals surface area contributed by atoms with Gasteiger partial charge in [-0.3, -0.25) is 0 Å². The number of ether oxygens (including phenoxy) is 1. The van der Waals surface area contributed by atoms with Gasteiger partial charge in [0.1, 0.15) is 5.82 Å². The van der Waals surface area contributed by atoms with Crippen molar-refractivity contribution in [1.82, 2.24) is 9.55 Å². The van der Waals surface area contributed by atoms with Gasteiger partial charge in [-0.2, -0.15) is 0 Å². The lowest BCUT2D eigenvalue weighted by Gasteiger charge is -2.14. The highest BCUT2D eigenvalue weighted by atomic mass is 32.2. The fourth-order valence-electron chi connectivity index (χ4n) is 2.12. The molecule has 112 valence electrons. The minimum Gasteiger partial charge on any atom is -0.465 e. The van der Waals surface area contributed by atoms with Crippen molar-refractivity contribution in [2.24, 2.45) is 0 Å². The first-order chi connectivity index (χ1) is 9.75. The quantitative estimate of drug-likeness (QED) is 0.806. The van der Waals surface area contributed by atoms with Crippen molar-refractivity contribution in [2.45, 2.75) is 18.7 Å². The first-order valence-corrected chi connectivity index (χ1v) is 8.08. The summed E-state index contributed by atoms with van der Waals surface area (Å²) in [4.78, 5) is 15.9. The average Bonchev–Trinajstić information content (AvgIpc) is 2.82. The van der Waals surface area contributed by atoms with E-state index in [1.165, 1.54) is 13.2 Å². The second kappa shape index (κ2) is 5.33. The lowest BCUT2D eigenvalue weighted by atomic mass is 10.1. The van der Waals surface area contributed by atoms with Crippen LogP contribution in [0.1, 0.15) is 21.7 Å². The number of hydrogen-bond acceptors (Lipinski definition) is 5. The molecule has 0 aliphatic heterocycles. The molecule has 2 aromatic rings. The van der Waals surface area contributed by atoms with Gasteiger partial charge in [-0.25, -0.2) is 18.2 Å². The van der Waals surface area contributed by atoms with E-state index in [0.29, 0.717) is 17.1 Å². The molecule has 6 nitrogen and oxygen atoms in total. The molecule has 0 N–H and O–H groups in total. The minimum atomic E-state index is -3.51. The summed E-state index contributed by atoms with van der Waals surface area (Å²) in [5, 5.41) is 0. The highest BCUT2D eigenvalue weighted by Crippen LogP contribution is 2.26. The van der Waals surface area contributed by atoms with Crippen molar-refractivity contribution < 1.29 is 17.9 Å². The molecule has 1 heterocycles. The first kappa shape index (κ1) is 15.2. The maximum atomic E-state index is 12.0. The van der Waals surface area contributed by atoms with Crippen LogP contribution in [0, 0.1) is 13.8 Å². The van der Waals surface area contributed by atoms with Gasteiger partial charge in [0.15, 0.2) is 9.84 Å². The summed E-state index contributed by atoms with van der Waals surface area (Å²) in [5.74, 6) is 0.0939. The van der Waals surface area contributed by atoms with Crippen molar-refractivity contribution in [3.63, 3.8) is 0 Å². The fraction of sp³-hybridized carbons (Fsp3) is 0.286. The molecule has 0 saturated carbocycles. The molecule has 0 aliphatic rings. The van der Waals surface area contributed by atoms with Crippen molar-refractivity contribution in [3.8, 4) is 5.69 Å². The van der Waals surface area contributed by atoms with E-state index in [1.807, 2.05) is 0 Å². The van der Waals surface area contributed by atoms with E-state index in [9.17, 15) is 13.2 Å². The number of carbonyl (C=O) groups is 1. The zero-order valence-electron chi connectivity index (χ0n) is 12.2. The molecule has 0 unspecified atom stereocenters. The monoisotopic (exact) mass is 308 g/mol. The van der Waals surface area contributed by atoms with Gasteiger partial charge in [-0.05, 0) is 31.5 Å². The summed E-state index contributed by atoms with van der Waals surface area (Å²) in [5.41, 5.74) is 1.34. The van der Waals surface area contributed by atoms with Gasteiger partial charge in [0.2, 0.25) is 0 Å². The highest BCUT2D eigenvalue weighted by Gasteiger charge is 2.21. The Balaban J connectivity index is 2.81. The SMILES string of the molecule is COC(=O)c1cc(S(C)(=O)=O)c(-n2ccnc2C)cc1C. The van der Waals surface area contributed by atoms with Crippen LogP contribution in [0.2, 0.25) is 0 Å². The minimum absolute atomic E-state index is 0.0644. The van der Waals surface area contributed by atoms with Gasteiger partial charge >= 0.3 is 5.97 Å². The predicted octanol–water partition coefficient (Wildman–Crippen LogP) is 1.68. The third-order valence-corrected chi connectivity index (χ3v) is 4.32. The van der Waals surface area contributed by atoms with Gasteiger partial charge in [0.05, 0.1) is 23.3 Å². The Morgan fingerprint density at radius 1 is 1.29 bits per heavy atom. The molecule has 0 bridgehead atoms. The van der Waals surface area contributed by atoms with Crippen molar-refractivity contribution in [2.75, 3.05) is 13.4 Å². The molecular weight excluding hydrogens is 292 g/mol. The van der Waals surface area contributed by atoms with Gasteiger partial charge in [0, 0.05) is 18.6 Å². The number of hydrogen-bond donors (Lipinski definition) is 0. The molecule has 0 fully saturated rings. The van der Waals surface area contributed by atoms with Crippen LogP contribution in [-0.2, 0) is 14.6 Å². The second-order valence-electron chi connectivity index (χ2n) is 4.74. The molecule has 0 aliphatic carbocycles. The fourth-order valence-corrected chi connectivity index (χ4v) is 2.99. The van der Waals surface area contributed by atoms with Crippen molar-refractivity contribution >= 4 is 15.8 Å². The van der Waals surface area contributed by atoms with E-state index in [1.54, 1.807) is 36.9 Å². The smallest absolute Gasteiger partial charge is 0.338 e. The Labute approximate surface area is 123 Å². The summed E-state index contributed by atoms with van der Waals surface area (Å²) in [6.07, 6.45) is 4.37. The first-order valence-electron chi connectivity index (χ1n) is 6.19. The van der Waals surface area contributed by atoms with Crippen LogP contribution < -0.4 is 0 Å². The Morgan fingerprint density at radius 2 is 1.95 bits per heavy atom. The number of benzene rings is 1. The number of aromatic nitrogens is 2. The number of esters is 1. The highest BCUT2D eigenvalue weighted by molar-refractivity contribution is 7.90. The topological polar surface area (TPSA) is 78.3 Å². The molecule has 0 saturated heterocycles. The van der Waals surface area contributed by atoms with Gasteiger partial charge < -0.3 is 9.30 Å². The molecule has 7 heteroatoms. The number of methoxy groups -OCH3 is 1. The van der Waals surface area contributed by atoms with Gasteiger partial charge in [0.25, 0.3) is 0 Å². The Kier molecular flexibility index (Phi) is 3.87. The predicted molar refractivity (Wildman–Crippen MR) is 77.5 cm³/mol. The number of nitrogens with zero attached hydrogens (tertiary/aromatic N) is 2. The van der Waals surface area contributed by atoms with Crippen LogP contribution in [0.5, 0.6) is 0 Å². The number of carbonyl (C=O) groups excluding carboxylic acids is 1. The Morgan fingerprint density at radius 3 is 2.43 bits per heavy atom. The van der Waals surface area contributed by atoms with Gasteiger partial charge in [-0.15, -0.1) is 0 Å². The number of aryl methyl sites for hydroxylation is 2. The molecule has 0 radical (unpaired) electrons. The third-order valence-electron chi connectivity index (χ3n) is 3.20. The molecule has 2 rings (SSSR count). The summed E-state index contributed by atoms with van der Waals surface area (Å²) < 4.78 is 30.5. The van der Waals surface area contributed by atoms with Crippen LogP contribution >= 0.6 is 0 Å². The van der Waals surface area contributed by atoms with Crippen LogP contribution in [-0.4, -0.2) is 37.3 Å². The lowest BCUT2D eigenvalue weighted by Crippen LogP contribution is -2.11. The maximum absolute atomic E-state index is 12.0. The number of imidazole rings is 1. The zero-order valence-corrected chi connectivity index (χ0v) is 13.1. The van der Waals surface area contributed by atoms with E-state index in [2.05, 4.69) is 9.72 Å². The molecule has 21 heavy (non-hydrogen) atoms. The zero-order chi connectivity index (χ0) is 15.8. The van der Waals surface area contributed by atoms with E-state index in [-0.39, 0.29) is 10.5 Å². The summed E-state index contributed by atoms with van der Waals surface area (Å²) >= 11 is 0. The molecule has 1 aromatic carbocycles. The standard InChI is InChI=1S/C14H16N2O4S/c1-9-7-12(16-6-5-15-10(16)2)13(21(4,18)19)8-11(9)14(17)20-3/h5-8H,1-4H3. The normalized spacial score (nSPS) is 11.4. The van der Waals surface area contributed by atoms with E-state index < -0.39 is 15.8 Å². The Hall–Kier alpha value is -2.15. The van der Waals surface area contributed by atoms with Gasteiger partial charge in [-0.1, -0.05) is 0 Å². The second-order valence-corrected chi connectivity index (χ2v) is 6.73. The summed E-state index contributed by atoms with van der Waals surface area (Å²) in [6.45, 7) is 3.50. The summed E-state index contributed by atoms with van der Waals surface area (Å²) in [6, 6.07) is 3.00. The molecule has 0 amide bonds. The van der Waals surface area contributed by atoms with Crippen molar-refractivity contribution in [1.29, 1.82) is 0 Å². The molecular formula is C14H16N2O4S. The van der Waals surface area contributed by atoms with E-state index >= 15 is 0 Å². The van der Waals surface area contributed by atoms with Crippen LogP contribution in [0.4, 0.5) is 0 Å². The Bertz CT molecular complexity index is 806. The van der Waals surface area contributed by atoms with Crippen LogP contribution in [0.15, 0.2) is 29.4 Å². The average molecular weight is 308 g/mol. The van der Waals surface area contributed by atoms with Crippen LogP contribution in [0.3, 0.4) is 0 Å². The van der Waals surface area contributed by atoms with Crippen molar-refractivity contribution in [3.05, 3.63) is 41.5 Å². The maximum Gasteiger partial charge on any atom is 0.338 e. The van der Waals surface area contributed by atoms with E-state index in [0.717, 1.165) is 6.26 Å². The summed E-state index contributed by atoms with van der Waals surface area (Å²) in [7, 11) is -2.25. The molecule has 1 aromatic heterocycles. The molecule has 0 spiro atoms. The van der Waals surface area contributed by atoms with Crippen LogP contribution in [0.25, 0.3) is 5.69 Å². The molecule has 0 atom stereocenters. The number of sulfone groups is 1. The lowest BCUT2D eigenvalue weighted by molar-refractivity contribution is 0.0599. The largest absolute Gasteiger partial charge is 0.465 e. The van der Waals surface area contributed by atoms with E-state index in [4.69, 9.17) is 0 Å². The number of rotatable bonds is 3.